The van der Waals surface area contributed by atoms with Crippen molar-refractivity contribution in [3.8, 4) is 0 Å². The average molecular weight is 404 g/mol. The van der Waals surface area contributed by atoms with Crippen molar-refractivity contribution < 1.29 is 30.8 Å². The zero-order valence-corrected chi connectivity index (χ0v) is 15.0. The number of benzene rings is 2. The molecule has 0 bridgehead atoms. The first kappa shape index (κ1) is 20.8. The Hall–Kier alpha value is -2.46. The minimum absolute atomic E-state index is 0.0343. The van der Waals surface area contributed by atoms with Gasteiger partial charge in [0.2, 0.25) is 15.9 Å². The molecule has 5 nitrogen and oxygen atoms in total. The zero-order chi connectivity index (χ0) is 20.2. The second-order valence-corrected chi connectivity index (χ2v) is 7.70. The van der Waals surface area contributed by atoms with Crippen LogP contribution in [0.1, 0.15) is 12.8 Å². The second-order valence-electron chi connectivity index (χ2n) is 5.66. The standard InChI is InChI=1S/C17H16F4N2O3S/c1-23(27(25,26)12-6-4-11(18)5-7-12)10-2-3-15(24)22-14-9-8-13(19)16(20)17(14)21/h4-9H,2-3,10H2,1H3,(H,22,24). The van der Waals surface area contributed by atoms with Crippen LogP contribution < -0.4 is 5.32 Å². The summed E-state index contributed by atoms with van der Waals surface area (Å²) in [5.74, 6) is -5.85. The van der Waals surface area contributed by atoms with Gasteiger partial charge >= 0.3 is 0 Å². The van der Waals surface area contributed by atoms with E-state index in [1.165, 1.54) is 7.05 Å². The van der Waals surface area contributed by atoms with Crippen molar-refractivity contribution in [2.75, 3.05) is 18.9 Å². The van der Waals surface area contributed by atoms with E-state index >= 15 is 0 Å². The summed E-state index contributed by atoms with van der Waals surface area (Å²) in [5, 5.41) is 2.10. The summed E-state index contributed by atoms with van der Waals surface area (Å²) in [7, 11) is -2.55. The van der Waals surface area contributed by atoms with Crippen LogP contribution in [0.25, 0.3) is 0 Å². The summed E-state index contributed by atoms with van der Waals surface area (Å²) in [6.07, 6.45) is -0.0875. The summed E-state index contributed by atoms with van der Waals surface area (Å²) in [6.45, 7) is -0.0343. The van der Waals surface area contributed by atoms with Crippen LogP contribution >= 0.6 is 0 Å². The van der Waals surface area contributed by atoms with Gasteiger partial charge in [0.25, 0.3) is 0 Å². The van der Waals surface area contributed by atoms with E-state index in [1.807, 2.05) is 0 Å². The van der Waals surface area contributed by atoms with Gasteiger partial charge in [0.15, 0.2) is 17.5 Å². The highest BCUT2D eigenvalue weighted by molar-refractivity contribution is 7.89. The third-order valence-electron chi connectivity index (χ3n) is 3.71. The van der Waals surface area contributed by atoms with E-state index in [0.29, 0.717) is 6.07 Å². The molecule has 0 unspecified atom stereocenters. The van der Waals surface area contributed by atoms with Crippen molar-refractivity contribution in [3.63, 3.8) is 0 Å². The molecule has 1 amide bonds. The summed E-state index contributed by atoms with van der Waals surface area (Å²) in [4.78, 5) is 11.7. The highest BCUT2D eigenvalue weighted by atomic mass is 32.2. The van der Waals surface area contributed by atoms with Crippen LogP contribution in [0.15, 0.2) is 41.3 Å². The van der Waals surface area contributed by atoms with Gasteiger partial charge in [0.05, 0.1) is 10.6 Å². The van der Waals surface area contributed by atoms with Gasteiger partial charge in [-0.2, -0.15) is 0 Å². The predicted octanol–water partition coefficient (Wildman–Crippen LogP) is 3.28. The van der Waals surface area contributed by atoms with E-state index in [0.717, 1.165) is 34.6 Å². The van der Waals surface area contributed by atoms with Crippen LogP contribution in [0.4, 0.5) is 23.2 Å². The number of anilines is 1. The van der Waals surface area contributed by atoms with Crippen molar-refractivity contribution in [1.82, 2.24) is 4.31 Å². The number of hydrogen-bond donors (Lipinski definition) is 1. The SMILES string of the molecule is CN(CCCC(=O)Nc1ccc(F)c(F)c1F)S(=O)(=O)c1ccc(F)cc1. The van der Waals surface area contributed by atoms with E-state index in [2.05, 4.69) is 5.32 Å². The molecule has 0 fully saturated rings. The van der Waals surface area contributed by atoms with Gasteiger partial charge in [-0.05, 0) is 42.8 Å². The van der Waals surface area contributed by atoms with Crippen molar-refractivity contribution >= 4 is 21.6 Å². The van der Waals surface area contributed by atoms with Gasteiger partial charge in [-0.1, -0.05) is 0 Å². The number of rotatable bonds is 7. The molecule has 2 aromatic rings. The van der Waals surface area contributed by atoms with Crippen molar-refractivity contribution in [2.45, 2.75) is 17.7 Å². The molecule has 0 heterocycles. The molecule has 0 saturated carbocycles. The molecule has 0 saturated heterocycles. The molecular formula is C17H16F4N2O3S. The minimum atomic E-state index is -3.85. The Bertz CT molecular complexity index is 934. The molecule has 0 aliphatic heterocycles. The first-order valence-electron chi connectivity index (χ1n) is 7.78. The maximum Gasteiger partial charge on any atom is 0.242 e. The van der Waals surface area contributed by atoms with Gasteiger partial charge in [-0.15, -0.1) is 0 Å². The molecule has 0 aliphatic rings. The van der Waals surface area contributed by atoms with Crippen LogP contribution in [0.5, 0.6) is 0 Å². The number of hydrogen-bond acceptors (Lipinski definition) is 3. The van der Waals surface area contributed by atoms with Crippen LogP contribution in [-0.2, 0) is 14.8 Å². The Morgan fingerprint density at radius 3 is 2.26 bits per heavy atom. The molecule has 10 heteroatoms. The molecule has 0 radical (unpaired) electrons. The third-order valence-corrected chi connectivity index (χ3v) is 5.58. The lowest BCUT2D eigenvalue weighted by atomic mass is 10.2. The first-order valence-corrected chi connectivity index (χ1v) is 9.22. The topological polar surface area (TPSA) is 66.5 Å². The zero-order valence-electron chi connectivity index (χ0n) is 14.2. The van der Waals surface area contributed by atoms with Crippen molar-refractivity contribution in [3.05, 3.63) is 59.7 Å². The van der Waals surface area contributed by atoms with Crippen LogP contribution in [0.2, 0.25) is 0 Å². The van der Waals surface area contributed by atoms with E-state index < -0.39 is 44.9 Å². The Kier molecular flexibility index (Phi) is 6.55. The highest BCUT2D eigenvalue weighted by Gasteiger charge is 2.21. The first-order chi connectivity index (χ1) is 12.6. The molecule has 2 rings (SSSR count). The predicted molar refractivity (Wildman–Crippen MR) is 90.4 cm³/mol. The number of carbonyl (C=O) groups is 1. The van der Waals surface area contributed by atoms with Crippen LogP contribution in [0, 0.1) is 23.3 Å². The number of sulfonamides is 1. The van der Waals surface area contributed by atoms with Gasteiger partial charge in [0, 0.05) is 20.0 Å². The molecule has 27 heavy (non-hydrogen) atoms. The molecule has 0 aromatic heterocycles. The Morgan fingerprint density at radius 2 is 1.63 bits per heavy atom. The van der Waals surface area contributed by atoms with Crippen LogP contribution in [-0.4, -0.2) is 32.2 Å². The van der Waals surface area contributed by atoms with Crippen molar-refractivity contribution in [2.24, 2.45) is 0 Å². The molecular weight excluding hydrogens is 388 g/mol. The lowest BCUT2D eigenvalue weighted by Gasteiger charge is -2.17. The fraction of sp³-hybridized carbons (Fsp3) is 0.235. The smallest absolute Gasteiger partial charge is 0.242 e. The fourth-order valence-corrected chi connectivity index (χ4v) is 3.41. The lowest BCUT2D eigenvalue weighted by molar-refractivity contribution is -0.116. The average Bonchev–Trinajstić information content (AvgIpc) is 2.62. The van der Waals surface area contributed by atoms with E-state index in [4.69, 9.17) is 0 Å². The van der Waals surface area contributed by atoms with Gasteiger partial charge in [-0.3, -0.25) is 4.79 Å². The maximum absolute atomic E-state index is 13.5. The Balaban J connectivity index is 1.91. The second kappa shape index (κ2) is 8.49. The van der Waals surface area contributed by atoms with Gasteiger partial charge in [0.1, 0.15) is 5.82 Å². The van der Waals surface area contributed by atoms with Crippen LogP contribution in [0.3, 0.4) is 0 Å². The number of carbonyl (C=O) groups excluding carboxylic acids is 1. The molecule has 0 aliphatic carbocycles. The maximum atomic E-state index is 13.5. The number of amides is 1. The minimum Gasteiger partial charge on any atom is -0.324 e. The number of nitrogens with one attached hydrogen (secondary N) is 1. The quantitative estimate of drug-likeness (QED) is 0.569. The van der Waals surface area contributed by atoms with Crippen molar-refractivity contribution in [1.29, 1.82) is 0 Å². The van der Waals surface area contributed by atoms with E-state index in [9.17, 15) is 30.8 Å². The fourth-order valence-electron chi connectivity index (χ4n) is 2.20. The molecule has 0 spiro atoms. The largest absolute Gasteiger partial charge is 0.324 e. The summed E-state index contributed by atoms with van der Waals surface area (Å²) < 4.78 is 78.0. The normalized spacial score (nSPS) is 11.6. The summed E-state index contributed by atoms with van der Waals surface area (Å²) in [5.41, 5.74) is -0.508. The third kappa shape index (κ3) is 5.04. The van der Waals surface area contributed by atoms with Gasteiger partial charge < -0.3 is 5.32 Å². The molecule has 146 valence electrons. The molecule has 1 N–H and O–H groups in total. The van der Waals surface area contributed by atoms with E-state index in [-0.39, 0.29) is 24.3 Å². The number of nitrogens with zero attached hydrogens (tertiary/aromatic N) is 1. The molecule has 0 atom stereocenters. The Labute approximate surface area is 153 Å². The van der Waals surface area contributed by atoms with E-state index in [1.54, 1.807) is 0 Å². The van der Waals surface area contributed by atoms with Gasteiger partial charge in [-0.25, -0.2) is 30.3 Å². The lowest BCUT2D eigenvalue weighted by Crippen LogP contribution is -2.28. The molecule has 2 aromatic carbocycles. The monoisotopic (exact) mass is 404 g/mol. The summed E-state index contributed by atoms with van der Waals surface area (Å²) >= 11 is 0. The highest BCUT2D eigenvalue weighted by Crippen LogP contribution is 2.20. The number of halogens is 4. The Morgan fingerprint density at radius 1 is 1.00 bits per heavy atom. The summed E-state index contributed by atoms with van der Waals surface area (Å²) in [6, 6.07) is 5.85.